The molecule has 5 nitrogen and oxygen atoms in total. The Balaban J connectivity index is 1.86. The number of aromatic nitrogens is 1. The van der Waals surface area contributed by atoms with Crippen LogP contribution in [0.2, 0.25) is 0 Å². The van der Waals surface area contributed by atoms with E-state index in [1.807, 2.05) is 57.5 Å². The fourth-order valence-electron chi connectivity index (χ4n) is 2.40. The van der Waals surface area contributed by atoms with Crippen LogP contribution in [0.3, 0.4) is 0 Å². The molecule has 2 rings (SSSR count). The molecule has 1 N–H and O–H groups in total. The van der Waals surface area contributed by atoms with Crippen molar-refractivity contribution in [3.8, 4) is 5.75 Å². The van der Waals surface area contributed by atoms with Crippen molar-refractivity contribution in [1.82, 2.24) is 14.8 Å². The van der Waals surface area contributed by atoms with Crippen molar-refractivity contribution in [1.29, 1.82) is 0 Å². The number of aliphatic imine (C=N–C) groups is 1. The van der Waals surface area contributed by atoms with Gasteiger partial charge in [0.15, 0.2) is 5.96 Å². The molecule has 0 amide bonds. The number of benzene rings is 1. The maximum Gasteiger partial charge on any atom is 0.193 e. The fraction of sp³-hybridized carbons (Fsp3) is 0.389. The molecular formula is C18H25BrN4O. The Bertz CT molecular complexity index is 683. The molecule has 0 aliphatic carbocycles. The summed E-state index contributed by atoms with van der Waals surface area (Å²) in [5.41, 5.74) is 1.23. The van der Waals surface area contributed by atoms with Gasteiger partial charge in [-0.05, 0) is 47.1 Å². The molecule has 0 fully saturated rings. The van der Waals surface area contributed by atoms with E-state index in [1.54, 1.807) is 7.05 Å². The molecule has 1 unspecified atom stereocenters. The van der Waals surface area contributed by atoms with Crippen molar-refractivity contribution >= 4 is 21.9 Å². The Kier molecular flexibility index (Phi) is 6.73. The zero-order valence-electron chi connectivity index (χ0n) is 14.7. The van der Waals surface area contributed by atoms with E-state index in [4.69, 9.17) is 4.74 Å². The van der Waals surface area contributed by atoms with Gasteiger partial charge in [-0.15, -0.1) is 0 Å². The molecule has 0 bridgehead atoms. The standard InChI is InChI=1S/C18H25BrN4O/c1-14(24-17-10-6-5-9-16(17)19)12-21-18(20-2)23(4)13-15-8-7-11-22(15)3/h5-11,14H,12-13H2,1-4H3,(H,20,21). The number of aryl methyl sites for hydroxylation is 1. The molecule has 1 heterocycles. The van der Waals surface area contributed by atoms with E-state index in [0.29, 0.717) is 6.54 Å². The maximum atomic E-state index is 5.96. The third-order valence-corrected chi connectivity index (χ3v) is 4.39. The Hall–Kier alpha value is -1.95. The van der Waals surface area contributed by atoms with E-state index in [1.165, 1.54) is 5.69 Å². The van der Waals surface area contributed by atoms with Gasteiger partial charge in [0, 0.05) is 33.0 Å². The molecule has 130 valence electrons. The summed E-state index contributed by atoms with van der Waals surface area (Å²) < 4.78 is 9.03. The van der Waals surface area contributed by atoms with Crippen LogP contribution in [-0.4, -0.2) is 42.2 Å². The Morgan fingerprint density at radius 1 is 1.33 bits per heavy atom. The third-order valence-electron chi connectivity index (χ3n) is 3.74. The Morgan fingerprint density at radius 2 is 2.08 bits per heavy atom. The predicted octanol–water partition coefficient (Wildman–Crippen LogP) is 3.26. The summed E-state index contributed by atoms with van der Waals surface area (Å²) in [4.78, 5) is 6.45. The van der Waals surface area contributed by atoms with Crippen molar-refractivity contribution in [2.24, 2.45) is 12.0 Å². The lowest BCUT2D eigenvalue weighted by atomic mass is 10.3. The normalized spacial score (nSPS) is 12.8. The van der Waals surface area contributed by atoms with Gasteiger partial charge < -0.3 is 19.5 Å². The van der Waals surface area contributed by atoms with Gasteiger partial charge >= 0.3 is 0 Å². The predicted molar refractivity (Wildman–Crippen MR) is 102 cm³/mol. The SMILES string of the molecule is CN=C(NCC(C)Oc1ccccc1Br)N(C)Cc1cccn1C. The first-order valence-electron chi connectivity index (χ1n) is 7.94. The van der Waals surface area contributed by atoms with Crippen LogP contribution in [0.25, 0.3) is 0 Å². The fourth-order valence-corrected chi connectivity index (χ4v) is 2.78. The van der Waals surface area contributed by atoms with Crippen LogP contribution in [0.5, 0.6) is 5.75 Å². The number of hydrogen-bond donors (Lipinski definition) is 1. The second-order valence-electron chi connectivity index (χ2n) is 5.75. The van der Waals surface area contributed by atoms with E-state index >= 15 is 0 Å². The summed E-state index contributed by atoms with van der Waals surface area (Å²) >= 11 is 3.50. The molecular weight excluding hydrogens is 368 g/mol. The smallest absolute Gasteiger partial charge is 0.193 e. The molecule has 1 aromatic carbocycles. The number of rotatable bonds is 6. The number of ether oxygens (including phenoxy) is 1. The van der Waals surface area contributed by atoms with E-state index in [9.17, 15) is 0 Å². The third kappa shape index (κ3) is 5.03. The number of nitrogens with zero attached hydrogens (tertiary/aromatic N) is 3. The lowest BCUT2D eigenvalue weighted by Gasteiger charge is -2.24. The summed E-state index contributed by atoms with van der Waals surface area (Å²) in [5, 5.41) is 3.37. The topological polar surface area (TPSA) is 41.8 Å². The van der Waals surface area contributed by atoms with Gasteiger partial charge in [-0.2, -0.15) is 0 Å². The first kappa shape index (κ1) is 18.4. The molecule has 1 atom stereocenters. The summed E-state index contributed by atoms with van der Waals surface area (Å²) in [6.45, 7) is 3.51. The first-order valence-corrected chi connectivity index (χ1v) is 8.73. The average Bonchev–Trinajstić information content (AvgIpc) is 2.95. The van der Waals surface area contributed by atoms with Crippen LogP contribution >= 0.6 is 15.9 Å². The zero-order chi connectivity index (χ0) is 17.5. The monoisotopic (exact) mass is 392 g/mol. The molecule has 0 spiro atoms. The van der Waals surface area contributed by atoms with Gasteiger partial charge in [0.1, 0.15) is 11.9 Å². The van der Waals surface area contributed by atoms with Crippen LogP contribution in [-0.2, 0) is 13.6 Å². The van der Waals surface area contributed by atoms with Crippen LogP contribution in [0.1, 0.15) is 12.6 Å². The number of para-hydroxylation sites is 1. The van der Waals surface area contributed by atoms with Crippen molar-refractivity contribution in [3.63, 3.8) is 0 Å². The van der Waals surface area contributed by atoms with Gasteiger partial charge in [-0.1, -0.05) is 12.1 Å². The van der Waals surface area contributed by atoms with Crippen LogP contribution in [0.4, 0.5) is 0 Å². The lowest BCUT2D eigenvalue weighted by Crippen LogP contribution is -2.42. The number of nitrogens with one attached hydrogen (secondary N) is 1. The molecule has 0 saturated carbocycles. The Labute approximate surface area is 152 Å². The highest BCUT2D eigenvalue weighted by molar-refractivity contribution is 9.10. The minimum absolute atomic E-state index is 0.0175. The van der Waals surface area contributed by atoms with Gasteiger partial charge in [0.2, 0.25) is 0 Å². The largest absolute Gasteiger partial charge is 0.488 e. The quantitative estimate of drug-likeness (QED) is 0.605. The number of halogens is 1. The zero-order valence-corrected chi connectivity index (χ0v) is 16.2. The van der Waals surface area contributed by atoms with Gasteiger partial charge in [0.05, 0.1) is 17.6 Å². The molecule has 6 heteroatoms. The molecule has 0 aliphatic heterocycles. The first-order chi connectivity index (χ1) is 11.5. The highest BCUT2D eigenvalue weighted by Gasteiger charge is 2.11. The van der Waals surface area contributed by atoms with Crippen molar-refractivity contribution in [2.45, 2.75) is 19.6 Å². The van der Waals surface area contributed by atoms with Gasteiger partial charge in [0.25, 0.3) is 0 Å². The molecule has 0 radical (unpaired) electrons. The second-order valence-corrected chi connectivity index (χ2v) is 6.61. The van der Waals surface area contributed by atoms with Crippen molar-refractivity contribution < 1.29 is 4.74 Å². The maximum absolute atomic E-state index is 5.96. The van der Waals surface area contributed by atoms with Crippen molar-refractivity contribution in [3.05, 3.63) is 52.8 Å². The van der Waals surface area contributed by atoms with E-state index in [2.05, 4.69) is 41.8 Å². The average molecular weight is 393 g/mol. The van der Waals surface area contributed by atoms with Crippen LogP contribution in [0, 0.1) is 0 Å². The highest BCUT2D eigenvalue weighted by Crippen LogP contribution is 2.24. The van der Waals surface area contributed by atoms with E-state index in [0.717, 1.165) is 22.7 Å². The molecule has 0 aliphatic rings. The molecule has 1 aromatic heterocycles. The summed E-state index contributed by atoms with van der Waals surface area (Å²) in [6, 6.07) is 12.0. The van der Waals surface area contributed by atoms with E-state index < -0.39 is 0 Å². The minimum atomic E-state index is 0.0175. The van der Waals surface area contributed by atoms with Crippen LogP contribution < -0.4 is 10.1 Å². The second kappa shape index (κ2) is 8.78. The molecule has 24 heavy (non-hydrogen) atoms. The Morgan fingerprint density at radius 3 is 2.71 bits per heavy atom. The minimum Gasteiger partial charge on any atom is -0.488 e. The molecule has 2 aromatic rings. The lowest BCUT2D eigenvalue weighted by molar-refractivity contribution is 0.221. The summed E-state index contributed by atoms with van der Waals surface area (Å²) in [5.74, 6) is 1.69. The van der Waals surface area contributed by atoms with E-state index in [-0.39, 0.29) is 6.10 Å². The summed E-state index contributed by atoms with van der Waals surface area (Å²) in [6.07, 6.45) is 2.07. The summed E-state index contributed by atoms with van der Waals surface area (Å²) in [7, 11) is 5.87. The van der Waals surface area contributed by atoms with Gasteiger partial charge in [-0.25, -0.2) is 0 Å². The molecule has 0 saturated heterocycles. The van der Waals surface area contributed by atoms with Crippen LogP contribution in [0.15, 0.2) is 52.1 Å². The van der Waals surface area contributed by atoms with Crippen molar-refractivity contribution in [2.75, 3.05) is 20.6 Å². The number of hydrogen-bond acceptors (Lipinski definition) is 2. The number of guanidine groups is 1. The van der Waals surface area contributed by atoms with Gasteiger partial charge in [-0.3, -0.25) is 4.99 Å². The highest BCUT2D eigenvalue weighted by atomic mass is 79.9.